The second-order valence-electron chi connectivity index (χ2n) is 14.9. The third-order valence-electron chi connectivity index (χ3n) is 13.0. The molecule has 0 aromatic heterocycles. The summed E-state index contributed by atoms with van der Waals surface area (Å²) in [7, 11) is 0. The van der Waals surface area contributed by atoms with Crippen molar-refractivity contribution in [2.75, 3.05) is 0 Å². The van der Waals surface area contributed by atoms with Crippen LogP contribution in [0.3, 0.4) is 0 Å². The van der Waals surface area contributed by atoms with E-state index in [1.165, 1.54) is 13.0 Å². The molecule has 0 aliphatic heterocycles. The summed E-state index contributed by atoms with van der Waals surface area (Å²) in [5, 5.41) is 44.0. The van der Waals surface area contributed by atoms with Gasteiger partial charge in [-0.05, 0) is 73.8 Å². The summed E-state index contributed by atoms with van der Waals surface area (Å²) >= 11 is 0. The SMILES string of the molecule is C/C(=C\[C@@H](O)C[C@H]1CCCC[C@H]2C(=O)C3=C([C@H](O)C[C@@H]4C(C)(C)C(=O)CC[C@]34C)[C@]3(C)[C@@H](O)C[C@H]1[C@@]23C)C(=O)O. The molecule has 0 saturated heterocycles. The second-order valence-corrected chi connectivity index (χ2v) is 14.9. The predicted molar refractivity (Wildman–Crippen MR) is 150 cm³/mol. The van der Waals surface area contributed by atoms with Crippen molar-refractivity contribution < 1.29 is 34.8 Å². The summed E-state index contributed by atoms with van der Waals surface area (Å²) in [6, 6.07) is 0. The van der Waals surface area contributed by atoms with Crippen molar-refractivity contribution in [3.05, 3.63) is 22.8 Å². The highest BCUT2D eigenvalue weighted by molar-refractivity contribution is 6.02. The molecule has 40 heavy (non-hydrogen) atoms. The lowest BCUT2D eigenvalue weighted by Crippen LogP contribution is -2.63. The van der Waals surface area contributed by atoms with Crippen LogP contribution in [0.15, 0.2) is 22.8 Å². The lowest BCUT2D eigenvalue weighted by molar-refractivity contribution is -0.152. The number of hydrogen-bond acceptors (Lipinski definition) is 6. The molecule has 0 aromatic rings. The smallest absolute Gasteiger partial charge is 0.331 e. The van der Waals surface area contributed by atoms with Crippen LogP contribution < -0.4 is 0 Å². The first-order valence-corrected chi connectivity index (χ1v) is 15.3. The van der Waals surface area contributed by atoms with Gasteiger partial charge in [0.2, 0.25) is 0 Å². The third kappa shape index (κ3) is 3.82. The fourth-order valence-corrected chi connectivity index (χ4v) is 10.6. The minimum Gasteiger partial charge on any atom is -0.478 e. The molecule has 10 atom stereocenters. The molecule has 0 aromatic carbocycles. The number of rotatable bonds is 4. The Labute approximate surface area is 238 Å². The number of fused-ring (bicyclic) bond motifs is 3. The van der Waals surface area contributed by atoms with E-state index in [0.29, 0.717) is 43.3 Å². The van der Waals surface area contributed by atoms with Crippen LogP contribution in [0.4, 0.5) is 0 Å². The summed E-state index contributed by atoms with van der Waals surface area (Å²) in [4.78, 5) is 39.2. The Morgan fingerprint density at radius 3 is 2.35 bits per heavy atom. The number of carboxylic acids is 1. The van der Waals surface area contributed by atoms with E-state index in [1.807, 2.05) is 13.8 Å². The highest BCUT2D eigenvalue weighted by Gasteiger charge is 2.73. The number of hydrogen-bond donors (Lipinski definition) is 4. The largest absolute Gasteiger partial charge is 0.478 e. The average Bonchev–Trinajstić information content (AvgIpc) is 3.07. The van der Waals surface area contributed by atoms with Crippen LogP contribution in [0, 0.1) is 45.3 Å². The zero-order valence-corrected chi connectivity index (χ0v) is 25.0. The van der Waals surface area contributed by atoms with Crippen LogP contribution in [0.25, 0.3) is 0 Å². The monoisotopic (exact) mass is 556 g/mol. The van der Waals surface area contributed by atoms with Gasteiger partial charge in [-0.15, -0.1) is 0 Å². The average molecular weight is 557 g/mol. The van der Waals surface area contributed by atoms with E-state index in [9.17, 15) is 34.8 Å². The fraction of sp³-hybridized carbons (Fsp3) is 0.788. The number of Topliss-reactive ketones (excluding diaryl/α,β-unsaturated/α-hetero) is 2. The Morgan fingerprint density at radius 2 is 1.70 bits per heavy atom. The van der Waals surface area contributed by atoms with Crippen LogP contribution in [0.1, 0.15) is 99.3 Å². The Hall–Kier alpha value is -1.83. The Kier molecular flexibility index (Phi) is 7.12. The molecule has 222 valence electrons. The normalized spacial score (nSPS) is 45.7. The molecule has 3 saturated carbocycles. The molecule has 7 nitrogen and oxygen atoms in total. The van der Waals surface area contributed by atoms with Gasteiger partial charge in [-0.25, -0.2) is 4.79 Å². The number of aliphatic carboxylic acids is 1. The van der Waals surface area contributed by atoms with E-state index in [4.69, 9.17) is 0 Å². The Balaban J connectivity index is 1.65. The molecule has 0 bridgehead atoms. The first-order valence-electron chi connectivity index (χ1n) is 15.3. The third-order valence-corrected chi connectivity index (χ3v) is 13.0. The van der Waals surface area contributed by atoms with Crippen LogP contribution in [0.5, 0.6) is 0 Å². The van der Waals surface area contributed by atoms with Crippen molar-refractivity contribution in [2.24, 2.45) is 45.3 Å². The van der Waals surface area contributed by atoms with Crippen molar-refractivity contribution in [2.45, 2.75) is 118 Å². The predicted octanol–water partition coefficient (Wildman–Crippen LogP) is 4.62. The van der Waals surface area contributed by atoms with Crippen molar-refractivity contribution in [1.29, 1.82) is 0 Å². The van der Waals surface area contributed by atoms with Crippen LogP contribution in [-0.2, 0) is 14.4 Å². The molecule has 0 heterocycles. The van der Waals surface area contributed by atoms with Gasteiger partial charge in [-0.2, -0.15) is 0 Å². The number of aliphatic hydroxyl groups is 3. The van der Waals surface area contributed by atoms with Crippen molar-refractivity contribution in [1.82, 2.24) is 0 Å². The molecule has 7 heteroatoms. The minimum absolute atomic E-state index is 0.00220. The zero-order chi connectivity index (χ0) is 29.6. The first-order chi connectivity index (χ1) is 18.5. The van der Waals surface area contributed by atoms with E-state index >= 15 is 0 Å². The van der Waals surface area contributed by atoms with Gasteiger partial charge in [0.15, 0.2) is 5.78 Å². The van der Waals surface area contributed by atoms with E-state index in [1.54, 1.807) is 0 Å². The quantitative estimate of drug-likeness (QED) is 0.371. The van der Waals surface area contributed by atoms with Gasteiger partial charge in [0.05, 0.1) is 18.3 Å². The fourth-order valence-electron chi connectivity index (χ4n) is 10.6. The summed E-state index contributed by atoms with van der Waals surface area (Å²) in [6.45, 7) is 11.7. The standard InChI is InChI=1S/C33H48O7/c1-17(29(39)40)13-19(34)14-18-9-7-8-10-20-28(38)27-26(33(6)25(37)15-21(18)32(20,33)5)22(35)16-23-30(2,3)24(36)11-12-31(23,27)4/h13,18-23,25,34-35,37H,7-12,14-16H2,1-6H3,(H,39,40)/b17-13+/t18-,19-,20+,21-,22-,23-,25+,31+,32-,33+/m1/s1. The van der Waals surface area contributed by atoms with Crippen molar-refractivity contribution >= 4 is 17.5 Å². The number of ketones is 2. The summed E-state index contributed by atoms with van der Waals surface area (Å²) in [5.74, 6) is -1.32. The van der Waals surface area contributed by atoms with E-state index in [2.05, 4.69) is 20.8 Å². The van der Waals surface area contributed by atoms with E-state index < -0.39 is 45.9 Å². The van der Waals surface area contributed by atoms with Crippen LogP contribution in [0.2, 0.25) is 0 Å². The molecule has 4 N–H and O–H groups in total. The molecule has 0 spiro atoms. The molecule has 0 amide bonds. The molecule has 5 aliphatic carbocycles. The molecule has 3 fully saturated rings. The summed E-state index contributed by atoms with van der Waals surface area (Å²) < 4.78 is 0. The molecule has 0 unspecified atom stereocenters. The van der Waals surface area contributed by atoms with Gasteiger partial charge in [0.25, 0.3) is 0 Å². The van der Waals surface area contributed by atoms with E-state index in [0.717, 1.165) is 25.7 Å². The number of carboxylic acid groups (broad SMARTS) is 1. The highest BCUT2D eigenvalue weighted by atomic mass is 16.4. The van der Waals surface area contributed by atoms with Gasteiger partial charge in [0, 0.05) is 39.7 Å². The molecule has 5 rings (SSSR count). The van der Waals surface area contributed by atoms with Crippen LogP contribution in [-0.4, -0.2) is 56.3 Å². The van der Waals surface area contributed by atoms with Crippen LogP contribution >= 0.6 is 0 Å². The van der Waals surface area contributed by atoms with Gasteiger partial charge < -0.3 is 20.4 Å². The maximum atomic E-state index is 14.8. The lowest BCUT2D eigenvalue weighted by atomic mass is 9.40. The first kappa shape index (κ1) is 29.7. The zero-order valence-electron chi connectivity index (χ0n) is 25.0. The highest BCUT2D eigenvalue weighted by Crippen LogP contribution is 2.74. The number of aliphatic hydroxyl groups excluding tert-OH is 3. The lowest BCUT2D eigenvalue weighted by Gasteiger charge is -2.63. The number of carbonyl (C=O) groups excluding carboxylic acids is 2. The van der Waals surface area contributed by atoms with Gasteiger partial charge in [0.1, 0.15) is 5.78 Å². The Bertz CT molecular complexity index is 1180. The van der Waals surface area contributed by atoms with Crippen molar-refractivity contribution in [3.63, 3.8) is 0 Å². The molecule has 5 aliphatic rings. The van der Waals surface area contributed by atoms with E-state index in [-0.39, 0.29) is 40.8 Å². The molecule has 0 radical (unpaired) electrons. The maximum absolute atomic E-state index is 14.8. The number of allylic oxidation sites excluding steroid dienone is 1. The van der Waals surface area contributed by atoms with Gasteiger partial charge in [-0.3, -0.25) is 9.59 Å². The summed E-state index contributed by atoms with van der Waals surface area (Å²) in [5.41, 5.74) is -1.13. The molecular formula is C33H48O7. The second kappa shape index (κ2) is 9.60. The Morgan fingerprint density at radius 1 is 1.05 bits per heavy atom. The number of carbonyl (C=O) groups is 3. The maximum Gasteiger partial charge on any atom is 0.331 e. The van der Waals surface area contributed by atoms with Crippen molar-refractivity contribution in [3.8, 4) is 0 Å². The summed E-state index contributed by atoms with van der Waals surface area (Å²) in [6.07, 6.45) is 4.36. The molecular weight excluding hydrogens is 508 g/mol. The van der Waals surface area contributed by atoms with Gasteiger partial charge in [-0.1, -0.05) is 53.9 Å². The van der Waals surface area contributed by atoms with Gasteiger partial charge >= 0.3 is 5.97 Å². The topological polar surface area (TPSA) is 132 Å². The minimum atomic E-state index is -1.06.